The van der Waals surface area contributed by atoms with Crippen LogP contribution in [0.15, 0.2) is 36.4 Å². The van der Waals surface area contributed by atoms with E-state index in [1.165, 1.54) is 24.3 Å². The maximum Gasteiger partial charge on any atom is 0.344 e. The van der Waals surface area contributed by atoms with E-state index in [1.54, 1.807) is 12.1 Å². The van der Waals surface area contributed by atoms with Crippen molar-refractivity contribution < 1.29 is 19.1 Å². The van der Waals surface area contributed by atoms with Gasteiger partial charge in [0.05, 0.1) is 32.8 Å². The second-order valence-corrected chi connectivity index (χ2v) is 7.02. The van der Waals surface area contributed by atoms with E-state index in [2.05, 4.69) is 6.92 Å². The number of carbonyl (C=O) groups excluding carboxylic acids is 2. The third kappa shape index (κ3) is 6.13. The van der Waals surface area contributed by atoms with Crippen LogP contribution < -0.4 is 4.74 Å². The number of esters is 2. The summed E-state index contributed by atoms with van der Waals surface area (Å²) < 4.78 is 10.6. The normalized spacial score (nSPS) is 10.5. The predicted molar refractivity (Wildman–Crippen MR) is 107 cm³/mol. The molecule has 0 unspecified atom stereocenters. The first-order chi connectivity index (χ1) is 12.9. The molecule has 0 amide bonds. The number of halogens is 3. The molecule has 2 rings (SSSR count). The van der Waals surface area contributed by atoms with Crippen molar-refractivity contribution in [2.75, 3.05) is 6.61 Å². The first-order valence-electron chi connectivity index (χ1n) is 8.57. The van der Waals surface area contributed by atoms with Gasteiger partial charge in [0.2, 0.25) is 0 Å². The van der Waals surface area contributed by atoms with Gasteiger partial charge in [-0.3, -0.25) is 0 Å². The third-order valence-electron chi connectivity index (χ3n) is 3.77. The molecule has 0 N–H and O–H groups in total. The Labute approximate surface area is 173 Å². The van der Waals surface area contributed by atoms with Crippen LogP contribution in [0, 0.1) is 0 Å². The van der Waals surface area contributed by atoms with Gasteiger partial charge in [0.1, 0.15) is 5.75 Å². The van der Waals surface area contributed by atoms with E-state index in [9.17, 15) is 9.59 Å². The van der Waals surface area contributed by atoms with Gasteiger partial charge in [0.25, 0.3) is 0 Å². The van der Waals surface area contributed by atoms with Crippen LogP contribution in [0.1, 0.15) is 53.3 Å². The highest BCUT2D eigenvalue weighted by Gasteiger charge is 2.20. The van der Waals surface area contributed by atoms with Crippen molar-refractivity contribution >= 4 is 46.7 Å². The first-order valence-corrected chi connectivity index (χ1v) is 9.70. The number of hydrogen-bond donors (Lipinski definition) is 0. The lowest BCUT2D eigenvalue weighted by Gasteiger charge is -2.10. The molecular weight excluding hydrogens is 411 g/mol. The van der Waals surface area contributed by atoms with Crippen LogP contribution in [-0.2, 0) is 4.74 Å². The fourth-order valence-electron chi connectivity index (χ4n) is 2.36. The minimum atomic E-state index is -0.719. The van der Waals surface area contributed by atoms with Crippen molar-refractivity contribution in [2.24, 2.45) is 0 Å². The molecular formula is C20H19Cl3O4. The molecule has 0 aromatic heterocycles. The Morgan fingerprint density at radius 1 is 0.889 bits per heavy atom. The van der Waals surface area contributed by atoms with Crippen molar-refractivity contribution in [3.05, 3.63) is 62.6 Å². The fraction of sp³-hybridized carbons (Fsp3) is 0.300. The zero-order chi connectivity index (χ0) is 19.8. The van der Waals surface area contributed by atoms with Crippen molar-refractivity contribution in [1.29, 1.82) is 0 Å². The van der Waals surface area contributed by atoms with Crippen molar-refractivity contribution in [2.45, 2.75) is 32.6 Å². The highest BCUT2D eigenvalue weighted by Crippen LogP contribution is 2.34. The largest absolute Gasteiger partial charge is 0.462 e. The Kier molecular flexibility index (Phi) is 8.42. The number of rotatable bonds is 8. The molecule has 0 spiro atoms. The Bertz CT molecular complexity index is 798. The van der Waals surface area contributed by atoms with Crippen LogP contribution in [0.2, 0.25) is 15.1 Å². The van der Waals surface area contributed by atoms with Crippen LogP contribution >= 0.6 is 34.8 Å². The van der Waals surface area contributed by atoms with Crippen molar-refractivity contribution in [3.63, 3.8) is 0 Å². The maximum absolute atomic E-state index is 12.5. The van der Waals surface area contributed by atoms with Gasteiger partial charge < -0.3 is 9.47 Å². The van der Waals surface area contributed by atoms with Gasteiger partial charge >= 0.3 is 11.9 Å². The molecule has 2 aromatic rings. The average molecular weight is 430 g/mol. The molecule has 0 atom stereocenters. The predicted octanol–water partition coefficient (Wildman–Crippen LogP) is 6.60. The standard InChI is InChI=1S/C20H19Cl3O4/c1-2-3-4-7-10-26-19(24)14-8-5-6-9-15(14)20(25)27-13-11-16(21)18(23)17(22)12-13/h5-6,8-9,11-12H,2-4,7,10H2,1H3. The highest BCUT2D eigenvalue weighted by atomic mass is 35.5. The molecule has 27 heavy (non-hydrogen) atoms. The van der Waals surface area contributed by atoms with E-state index in [0.717, 1.165) is 25.7 Å². The summed E-state index contributed by atoms with van der Waals surface area (Å²) in [4.78, 5) is 24.8. The lowest BCUT2D eigenvalue weighted by molar-refractivity contribution is 0.0489. The number of carbonyl (C=O) groups is 2. The molecule has 0 bridgehead atoms. The Balaban J connectivity index is 2.10. The molecule has 7 heteroatoms. The minimum absolute atomic E-state index is 0.0956. The summed E-state index contributed by atoms with van der Waals surface area (Å²) in [6.45, 7) is 2.42. The van der Waals surface area contributed by atoms with Gasteiger partial charge in [-0.15, -0.1) is 0 Å². The zero-order valence-electron chi connectivity index (χ0n) is 14.8. The molecule has 0 saturated heterocycles. The Morgan fingerprint density at radius 2 is 1.48 bits per heavy atom. The second-order valence-electron chi connectivity index (χ2n) is 5.83. The van der Waals surface area contributed by atoms with E-state index >= 15 is 0 Å². The van der Waals surface area contributed by atoms with Gasteiger partial charge in [0, 0.05) is 12.1 Å². The summed E-state index contributed by atoms with van der Waals surface area (Å²) in [5.74, 6) is -1.16. The summed E-state index contributed by atoms with van der Waals surface area (Å²) in [6.07, 6.45) is 3.97. The molecule has 144 valence electrons. The van der Waals surface area contributed by atoms with Gasteiger partial charge in [-0.1, -0.05) is 73.1 Å². The number of benzene rings is 2. The number of unbranched alkanes of at least 4 members (excludes halogenated alkanes) is 3. The van der Waals surface area contributed by atoms with E-state index in [-0.39, 0.29) is 31.9 Å². The molecule has 0 fully saturated rings. The lowest BCUT2D eigenvalue weighted by Crippen LogP contribution is -2.16. The van der Waals surface area contributed by atoms with Crippen LogP contribution in [0.25, 0.3) is 0 Å². The molecule has 0 aliphatic carbocycles. The molecule has 0 heterocycles. The van der Waals surface area contributed by atoms with E-state index in [4.69, 9.17) is 44.3 Å². The van der Waals surface area contributed by atoms with Gasteiger partial charge in [0.15, 0.2) is 0 Å². The molecule has 2 aromatic carbocycles. The van der Waals surface area contributed by atoms with Gasteiger partial charge in [-0.05, 0) is 18.6 Å². The molecule has 0 aliphatic rings. The Morgan fingerprint density at radius 3 is 2.07 bits per heavy atom. The summed E-state index contributed by atoms with van der Waals surface area (Å²) in [6, 6.07) is 9.06. The quantitative estimate of drug-likeness (QED) is 0.205. The van der Waals surface area contributed by atoms with Gasteiger partial charge in [-0.2, -0.15) is 0 Å². The van der Waals surface area contributed by atoms with E-state index in [0.29, 0.717) is 6.61 Å². The van der Waals surface area contributed by atoms with Gasteiger partial charge in [-0.25, -0.2) is 9.59 Å². The second kappa shape index (κ2) is 10.5. The van der Waals surface area contributed by atoms with Crippen molar-refractivity contribution in [3.8, 4) is 5.75 Å². The molecule has 0 saturated carbocycles. The topological polar surface area (TPSA) is 52.6 Å². The Hall–Kier alpha value is -1.75. The van der Waals surface area contributed by atoms with Crippen LogP contribution in [0.5, 0.6) is 5.75 Å². The number of hydrogen-bond acceptors (Lipinski definition) is 4. The van der Waals surface area contributed by atoms with Crippen LogP contribution in [0.3, 0.4) is 0 Å². The first kappa shape index (κ1) is 21.5. The monoisotopic (exact) mass is 428 g/mol. The zero-order valence-corrected chi connectivity index (χ0v) is 17.0. The summed E-state index contributed by atoms with van der Waals surface area (Å²) in [7, 11) is 0. The highest BCUT2D eigenvalue weighted by molar-refractivity contribution is 6.48. The maximum atomic E-state index is 12.5. The lowest BCUT2D eigenvalue weighted by atomic mass is 10.1. The number of ether oxygens (including phenoxy) is 2. The molecule has 4 nitrogen and oxygen atoms in total. The van der Waals surface area contributed by atoms with Crippen LogP contribution in [0.4, 0.5) is 0 Å². The van der Waals surface area contributed by atoms with Crippen molar-refractivity contribution in [1.82, 2.24) is 0 Å². The van der Waals surface area contributed by atoms with E-state index in [1.807, 2.05) is 0 Å². The van der Waals surface area contributed by atoms with Crippen LogP contribution in [-0.4, -0.2) is 18.5 Å². The fourth-order valence-corrected chi connectivity index (χ4v) is 2.94. The smallest absolute Gasteiger partial charge is 0.344 e. The third-order valence-corrected chi connectivity index (χ3v) is 4.96. The SMILES string of the molecule is CCCCCCOC(=O)c1ccccc1C(=O)Oc1cc(Cl)c(Cl)c(Cl)c1. The minimum Gasteiger partial charge on any atom is -0.462 e. The summed E-state index contributed by atoms with van der Waals surface area (Å²) >= 11 is 17.8. The average Bonchev–Trinajstić information content (AvgIpc) is 2.65. The molecule has 0 aliphatic heterocycles. The summed E-state index contributed by atoms with van der Waals surface area (Å²) in [5.41, 5.74) is 0.238. The summed E-state index contributed by atoms with van der Waals surface area (Å²) in [5, 5.41) is 0.490. The van der Waals surface area contributed by atoms with E-state index < -0.39 is 11.9 Å². The molecule has 0 radical (unpaired) electrons.